The van der Waals surface area contributed by atoms with Crippen LogP contribution in [0.25, 0.3) is 10.9 Å². The molecule has 8 nitrogen and oxygen atoms in total. The summed E-state index contributed by atoms with van der Waals surface area (Å²) in [7, 11) is 0. The Bertz CT molecular complexity index is 1230. The van der Waals surface area contributed by atoms with Crippen LogP contribution >= 0.6 is 11.6 Å². The van der Waals surface area contributed by atoms with Gasteiger partial charge in [0.2, 0.25) is 11.8 Å². The van der Waals surface area contributed by atoms with Crippen molar-refractivity contribution in [3.05, 3.63) is 35.0 Å². The highest BCUT2D eigenvalue weighted by Gasteiger charge is 2.49. The maximum Gasteiger partial charge on any atom is 0.270 e. The minimum atomic E-state index is -0.667. The van der Waals surface area contributed by atoms with Gasteiger partial charge in [-0.15, -0.1) is 0 Å². The van der Waals surface area contributed by atoms with Gasteiger partial charge >= 0.3 is 0 Å². The molecule has 1 unspecified atom stereocenters. The molecule has 2 aromatic rings. The number of aromatic amines is 1. The van der Waals surface area contributed by atoms with Crippen molar-refractivity contribution >= 4 is 40.2 Å². The Labute approximate surface area is 222 Å². The van der Waals surface area contributed by atoms with Crippen LogP contribution in [0.3, 0.4) is 0 Å². The molecular formula is C28H34ClN5O3. The number of carbonyl (C=O) groups is 3. The number of likely N-dealkylation sites (tertiary alicyclic amines) is 1. The highest BCUT2D eigenvalue weighted by Crippen LogP contribution is 2.51. The van der Waals surface area contributed by atoms with E-state index in [9.17, 15) is 19.6 Å². The summed E-state index contributed by atoms with van der Waals surface area (Å²) in [5.74, 6) is -0.434. The van der Waals surface area contributed by atoms with Crippen LogP contribution in [0.5, 0.6) is 0 Å². The molecule has 1 aliphatic carbocycles. The van der Waals surface area contributed by atoms with Crippen LogP contribution in [0.2, 0.25) is 5.02 Å². The summed E-state index contributed by atoms with van der Waals surface area (Å²) in [4.78, 5) is 43.4. The quantitative estimate of drug-likeness (QED) is 0.478. The molecule has 3 fully saturated rings. The van der Waals surface area contributed by atoms with Gasteiger partial charge in [0.15, 0.2) is 0 Å². The predicted molar refractivity (Wildman–Crippen MR) is 141 cm³/mol. The van der Waals surface area contributed by atoms with Gasteiger partial charge < -0.3 is 20.5 Å². The second-order valence-corrected chi connectivity index (χ2v) is 11.5. The molecule has 2 aliphatic heterocycles. The molecule has 1 aromatic heterocycles. The van der Waals surface area contributed by atoms with Gasteiger partial charge in [-0.3, -0.25) is 14.4 Å². The first-order valence-corrected chi connectivity index (χ1v) is 13.8. The fourth-order valence-electron chi connectivity index (χ4n) is 6.32. The summed E-state index contributed by atoms with van der Waals surface area (Å²) in [6, 6.07) is 9.01. The molecule has 2 saturated heterocycles. The molecule has 1 saturated carbocycles. The number of amides is 3. The Morgan fingerprint density at radius 1 is 1.27 bits per heavy atom. The van der Waals surface area contributed by atoms with Crippen molar-refractivity contribution in [3.8, 4) is 6.07 Å². The first kappa shape index (κ1) is 25.6. The van der Waals surface area contributed by atoms with Crippen molar-refractivity contribution in [1.29, 1.82) is 5.26 Å². The molecule has 3 aliphatic rings. The number of hydrogen-bond acceptors (Lipinski definition) is 4. The van der Waals surface area contributed by atoms with Crippen molar-refractivity contribution in [2.75, 3.05) is 13.1 Å². The summed E-state index contributed by atoms with van der Waals surface area (Å²) < 4.78 is 0. The van der Waals surface area contributed by atoms with Crippen molar-refractivity contribution in [2.24, 2.45) is 11.3 Å². The van der Waals surface area contributed by atoms with Crippen LogP contribution in [0, 0.1) is 22.7 Å². The Balaban J connectivity index is 1.17. The van der Waals surface area contributed by atoms with Crippen LogP contribution in [0.1, 0.15) is 74.7 Å². The Morgan fingerprint density at radius 3 is 2.84 bits per heavy atom. The Kier molecular flexibility index (Phi) is 7.43. The first-order chi connectivity index (χ1) is 17.9. The van der Waals surface area contributed by atoms with Gasteiger partial charge in [-0.25, -0.2) is 0 Å². The molecule has 196 valence electrons. The van der Waals surface area contributed by atoms with Gasteiger partial charge in [0.25, 0.3) is 5.91 Å². The van der Waals surface area contributed by atoms with Crippen LogP contribution in [0.4, 0.5) is 0 Å². The average molecular weight is 524 g/mol. The monoisotopic (exact) mass is 523 g/mol. The zero-order valence-corrected chi connectivity index (χ0v) is 21.8. The van der Waals surface area contributed by atoms with Crippen molar-refractivity contribution < 1.29 is 14.4 Å². The lowest BCUT2D eigenvalue weighted by Crippen LogP contribution is -2.42. The average Bonchev–Trinajstić information content (AvgIpc) is 3.46. The lowest BCUT2D eigenvalue weighted by Gasteiger charge is -2.37. The molecule has 0 bridgehead atoms. The number of nitrogens with one attached hydrogen (secondary N) is 3. The predicted octanol–water partition coefficient (Wildman–Crippen LogP) is 4.30. The number of nitrogens with zero attached hydrogens (tertiary/aromatic N) is 2. The minimum absolute atomic E-state index is 0.000789. The van der Waals surface area contributed by atoms with E-state index in [1.165, 1.54) is 6.42 Å². The number of halogens is 1. The molecule has 0 radical (unpaired) electrons. The number of benzene rings is 1. The molecule has 3 N–H and O–H groups in total. The smallest absolute Gasteiger partial charge is 0.270 e. The standard InChI is InChI=1S/C28H34ClN5O3/c29-20-8-7-18-13-24(33-23(18)14-20)27(37)34-17-28(9-3-10-28)15-22(34)5-1-6-25(35)32-21(16-30)12-19-4-2-11-31-26(19)36/h7-8,13-14,19,21-22,33H,1-6,9-12,15,17H2,(H,31,36)(H,32,35)/t19-,21-,22?/m0/s1. The largest absolute Gasteiger partial charge is 0.356 e. The number of fused-ring (bicyclic) bond motifs is 1. The molecule has 1 spiro atoms. The summed E-state index contributed by atoms with van der Waals surface area (Å²) in [5.41, 5.74) is 1.63. The number of rotatable bonds is 8. The molecule has 3 heterocycles. The third-order valence-corrected chi connectivity index (χ3v) is 8.69. The van der Waals surface area contributed by atoms with Gasteiger partial charge in [0, 0.05) is 47.4 Å². The fraction of sp³-hybridized carbons (Fsp3) is 0.571. The zero-order valence-electron chi connectivity index (χ0n) is 21.0. The van der Waals surface area contributed by atoms with Gasteiger partial charge in [0.05, 0.1) is 6.07 Å². The number of aromatic nitrogens is 1. The van der Waals surface area contributed by atoms with E-state index in [-0.39, 0.29) is 35.1 Å². The van der Waals surface area contributed by atoms with E-state index in [4.69, 9.17) is 11.6 Å². The van der Waals surface area contributed by atoms with E-state index in [0.717, 1.165) is 56.0 Å². The number of hydrogen-bond donors (Lipinski definition) is 3. The summed E-state index contributed by atoms with van der Waals surface area (Å²) >= 11 is 6.12. The lowest BCUT2D eigenvalue weighted by atomic mass is 9.67. The van der Waals surface area contributed by atoms with Gasteiger partial charge in [-0.1, -0.05) is 24.1 Å². The normalized spacial score (nSPS) is 23.4. The first-order valence-electron chi connectivity index (χ1n) is 13.4. The maximum atomic E-state index is 13.6. The van der Waals surface area contributed by atoms with Gasteiger partial charge in [0.1, 0.15) is 11.7 Å². The fourth-order valence-corrected chi connectivity index (χ4v) is 6.49. The molecule has 3 amide bonds. The van der Waals surface area contributed by atoms with E-state index < -0.39 is 6.04 Å². The highest BCUT2D eigenvalue weighted by molar-refractivity contribution is 6.31. The summed E-state index contributed by atoms with van der Waals surface area (Å²) in [6.07, 6.45) is 8.14. The minimum Gasteiger partial charge on any atom is -0.356 e. The van der Waals surface area contributed by atoms with E-state index in [0.29, 0.717) is 36.5 Å². The third kappa shape index (κ3) is 5.62. The second kappa shape index (κ2) is 10.7. The number of nitriles is 1. The summed E-state index contributed by atoms with van der Waals surface area (Å²) in [5, 5.41) is 16.7. The van der Waals surface area contributed by atoms with Crippen molar-refractivity contribution in [3.63, 3.8) is 0 Å². The van der Waals surface area contributed by atoms with E-state index >= 15 is 0 Å². The Morgan fingerprint density at radius 2 is 2.11 bits per heavy atom. The molecule has 1 aromatic carbocycles. The lowest BCUT2D eigenvalue weighted by molar-refractivity contribution is -0.127. The second-order valence-electron chi connectivity index (χ2n) is 11.1. The third-order valence-electron chi connectivity index (χ3n) is 8.46. The van der Waals surface area contributed by atoms with Gasteiger partial charge in [-0.2, -0.15) is 5.26 Å². The summed E-state index contributed by atoms with van der Waals surface area (Å²) in [6.45, 7) is 1.44. The number of piperidine rings is 1. The van der Waals surface area contributed by atoms with Crippen molar-refractivity contribution in [1.82, 2.24) is 20.5 Å². The molecule has 37 heavy (non-hydrogen) atoms. The highest BCUT2D eigenvalue weighted by atomic mass is 35.5. The van der Waals surface area contributed by atoms with Crippen LogP contribution < -0.4 is 10.6 Å². The van der Waals surface area contributed by atoms with Crippen molar-refractivity contribution in [2.45, 2.75) is 76.3 Å². The topological polar surface area (TPSA) is 118 Å². The molecule has 9 heteroatoms. The SMILES string of the molecule is N#C[C@H](C[C@@H]1CCCNC1=O)NC(=O)CCCC1CC2(CCC2)CN1C(=O)c1cc2ccc(Cl)cc2[nH]1. The van der Waals surface area contributed by atoms with Crippen LogP contribution in [-0.2, 0) is 9.59 Å². The van der Waals surface area contributed by atoms with E-state index in [2.05, 4.69) is 21.7 Å². The van der Waals surface area contributed by atoms with Gasteiger partial charge in [-0.05, 0) is 75.0 Å². The zero-order chi connectivity index (χ0) is 26.0. The van der Waals surface area contributed by atoms with Crippen LogP contribution in [-0.4, -0.2) is 52.8 Å². The molecule has 5 rings (SSSR count). The van der Waals surface area contributed by atoms with E-state index in [1.807, 2.05) is 29.2 Å². The number of carbonyl (C=O) groups excluding carboxylic acids is 3. The molecular weight excluding hydrogens is 490 g/mol. The van der Waals surface area contributed by atoms with Crippen LogP contribution in [0.15, 0.2) is 24.3 Å². The number of H-pyrrole nitrogens is 1. The maximum absolute atomic E-state index is 13.6. The molecule has 3 atom stereocenters. The Hall–Kier alpha value is -3.05. The van der Waals surface area contributed by atoms with E-state index in [1.54, 1.807) is 0 Å².